The predicted molar refractivity (Wildman–Crippen MR) is 89.4 cm³/mol. The van der Waals surface area contributed by atoms with E-state index in [0.29, 0.717) is 6.61 Å². The van der Waals surface area contributed by atoms with Crippen LogP contribution in [0.2, 0.25) is 5.02 Å². The van der Waals surface area contributed by atoms with Crippen LogP contribution in [0.3, 0.4) is 0 Å². The quantitative estimate of drug-likeness (QED) is 0.865. The number of nitrogens with one attached hydrogen (secondary N) is 1. The first-order valence-corrected chi connectivity index (χ1v) is 7.58. The van der Waals surface area contributed by atoms with Crippen molar-refractivity contribution in [2.24, 2.45) is 0 Å². The molecule has 0 saturated heterocycles. The molecule has 0 aliphatic rings. The Morgan fingerprint density at radius 1 is 1.05 bits per heavy atom. The van der Waals surface area contributed by atoms with Crippen LogP contribution in [0.1, 0.15) is 16.7 Å². The summed E-state index contributed by atoms with van der Waals surface area (Å²) >= 11 is 5.88. The summed E-state index contributed by atoms with van der Waals surface area (Å²) in [5.41, 5.74) is 4.07. The first kappa shape index (κ1) is 15.9. The highest BCUT2D eigenvalue weighted by molar-refractivity contribution is 6.30. The topological polar surface area (TPSA) is 21.3 Å². The Morgan fingerprint density at radius 2 is 1.67 bits per heavy atom. The second kappa shape index (κ2) is 7.48. The number of halogens is 1. The maximum Gasteiger partial charge on any atom is 0.119 e. The summed E-state index contributed by atoms with van der Waals surface area (Å²) in [5.74, 6) is 0.848. The first-order valence-electron chi connectivity index (χ1n) is 7.21. The van der Waals surface area contributed by atoms with Crippen LogP contribution in [-0.4, -0.2) is 19.7 Å². The minimum Gasteiger partial charge on any atom is -0.492 e. The molecule has 2 nitrogen and oxygen atoms in total. The highest BCUT2D eigenvalue weighted by Crippen LogP contribution is 2.18. The third-order valence-electron chi connectivity index (χ3n) is 3.77. The van der Waals surface area contributed by atoms with E-state index in [2.05, 4.69) is 37.4 Å². The zero-order chi connectivity index (χ0) is 15.2. The molecule has 0 amide bonds. The van der Waals surface area contributed by atoms with Gasteiger partial charge in [0.25, 0.3) is 0 Å². The monoisotopic (exact) mass is 303 g/mol. The zero-order valence-electron chi connectivity index (χ0n) is 12.8. The molecule has 0 aliphatic heterocycles. The lowest BCUT2D eigenvalue weighted by molar-refractivity contribution is 0.269. The van der Waals surface area contributed by atoms with E-state index in [1.807, 2.05) is 31.3 Å². The second-order valence-electron chi connectivity index (χ2n) is 5.33. The van der Waals surface area contributed by atoms with Crippen LogP contribution in [-0.2, 0) is 6.42 Å². The van der Waals surface area contributed by atoms with Gasteiger partial charge in [0, 0.05) is 11.1 Å². The summed E-state index contributed by atoms with van der Waals surface area (Å²) in [7, 11) is 1.98. The molecular formula is C18H22ClNO. The Hall–Kier alpha value is -1.51. The second-order valence-corrected chi connectivity index (χ2v) is 5.76. The molecule has 0 heterocycles. The summed E-state index contributed by atoms with van der Waals surface area (Å²) in [5, 5.41) is 4.06. The van der Waals surface area contributed by atoms with Gasteiger partial charge in [0.1, 0.15) is 12.4 Å². The van der Waals surface area contributed by atoms with E-state index in [1.165, 1.54) is 16.7 Å². The molecule has 2 aromatic rings. The minimum atomic E-state index is 0.278. The summed E-state index contributed by atoms with van der Waals surface area (Å²) in [6.45, 7) is 4.95. The third-order valence-corrected chi connectivity index (χ3v) is 4.02. The van der Waals surface area contributed by atoms with Crippen LogP contribution < -0.4 is 10.1 Å². The average molecular weight is 304 g/mol. The molecule has 0 aromatic heterocycles. The van der Waals surface area contributed by atoms with E-state index in [-0.39, 0.29) is 6.04 Å². The van der Waals surface area contributed by atoms with Gasteiger partial charge in [-0.1, -0.05) is 29.8 Å². The van der Waals surface area contributed by atoms with Gasteiger partial charge in [0.2, 0.25) is 0 Å². The van der Waals surface area contributed by atoms with E-state index in [0.717, 1.165) is 17.2 Å². The van der Waals surface area contributed by atoms with Crippen molar-refractivity contribution in [1.82, 2.24) is 5.32 Å². The zero-order valence-corrected chi connectivity index (χ0v) is 13.6. The molecule has 112 valence electrons. The van der Waals surface area contributed by atoms with Crippen molar-refractivity contribution in [3.05, 3.63) is 64.2 Å². The third kappa shape index (κ3) is 4.48. The molecule has 2 rings (SSSR count). The van der Waals surface area contributed by atoms with Crippen LogP contribution in [0.5, 0.6) is 5.75 Å². The summed E-state index contributed by atoms with van der Waals surface area (Å²) in [4.78, 5) is 0. The largest absolute Gasteiger partial charge is 0.492 e. The van der Waals surface area contributed by atoms with Gasteiger partial charge in [-0.3, -0.25) is 0 Å². The van der Waals surface area contributed by atoms with Gasteiger partial charge in [0.15, 0.2) is 0 Å². The fourth-order valence-electron chi connectivity index (χ4n) is 2.39. The van der Waals surface area contributed by atoms with Crippen molar-refractivity contribution in [2.45, 2.75) is 26.3 Å². The normalized spacial score (nSPS) is 12.2. The highest BCUT2D eigenvalue weighted by atomic mass is 35.5. The summed E-state index contributed by atoms with van der Waals surface area (Å²) in [6.07, 6.45) is 0.961. The molecule has 1 unspecified atom stereocenters. The van der Waals surface area contributed by atoms with Gasteiger partial charge in [-0.05, 0) is 68.3 Å². The van der Waals surface area contributed by atoms with Gasteiger partial charge >= 0.3 is 0 Å². The molecule has 1 atom stereocenters. The number of hydrogen-bond donors (Lipinski definition) is 1. The highest BCUT2D eigenvalue weighted by Gasteiger charge is 2.11. The maximum absolute atomic E-state index is 5.88. The number of likely N-dealkylation sites (N-methyl/N-ethyl adjacent to an activating group) is 1. The Balaban J connectivity index is 1.98. The molecular weight excluding hydrogens is 282 g/mol. The lowest BCUT2D eigenvalue weighted by Gasteiger charge is -2.19. The van der Waals surface area contributed by atoms with Gasteiger partial charge in [-0.15, -0.1) is 0 Å². The molecule has 3 heteroatoms. The smallest absolute Gasteiger partial charge is 0.119 e. The van der Waals surface area contributed by atoms with Crippen LogP contribution in [0.15, 0.2) is 42.5 Å². The molecule has 1 N–H and O–H groups in total. The van der Waals surface area contributed by atoms with Crippen molar-refractivity contribution in [2.75, 3.05) is 13.7 Å². The number of ether oxygens (including phenoxy) is 1. The van der Waals surface area contributed by atoms with Crippen LogP contribution >= 0.6 is 11.6 Å². The van der Waals surface area contributed by atoms with Crippen LogP contribution in [0.25, 0.3) is 0 Å². The van der Waals surface area contributed by atoms with E-state index < -0.39 is 0 Å². The molecule has 0 radical (unpaired) electrons. The molecule has 21 heavy (non-hydrogen) atoms. The Bertz CT molecular complexity index is 560. The lowest BCUT2D eigenvalue weighted by Crippen LogP contribution is -2.34. The van der Waals surface area contributed by atoms with Gasteiger partial charge in [-0.25, -0.2) is 0 Å². The van der Waals surface area contributed by atoms with Crippen LogP contribution in [0, 0.1) is 13.8 Å². The molecule has 0 bridgehead atoms. The Morgan fingerprint density at radius 3 is 2.24 bits per heavy atom. The number of rotatable bonds is 6. The van der Waals surface area contributed by atoms with Crippen molar-refractivity contribution in [3.63, 3.8) is 0 Å². The van der Waals surface area contributed by atoms with Crippen molar-refractivity contribution in [1.29, 1.82) is 0 Å². The van der Waals surface area contributed by atoms with E-state index in [9.17, 15) is 0 Å². The van der Waals surface area contributed by atoms with Crippen molar-refractivity contribution < 1.29 is 4.74 Å². The Kier molecular flexibility index (Phi) is 5.66. The van der Waals surface area contributed by atoms with Crippen LogP contribution in [0.4, 0.5) is 0 Å². The predicted octanol–water partition coefficient (Wildman–Crippen LogP) is 4.17. The molecule has 0 fully saturated rings. The number of hydrogen-bond acceptors (Lipinski definition) is 2. The molecule has 2 aromatic carbocycles. The van der Waals surface area contributed by atoms with Gasteiger partial charge in [0.05, 0.1) is 0 Å². The lowest BCUT2D eigenvalue weighted by atomic mass is 9.97. The Labute approximate surface area is 132 Å². The molecule has 0 spiro atoms. The molecule has 0 aliphatic carbocycles. The van der Waals surface area contributed by atoms with Gasteiger partial charge in [-0.2, -0.15) is 0 Å². The minimum absolute atomic E-state index is 0.278. The van der Waals surface area contributed by atoms with E-state index in [4.69, 9.17) is 16.3 Å². The fourth-order valence-corrected chi connectivity index (χ4v) is 2.52. The molecule has 0 saturated carbocycles. The first-order chi connectivity index (χ1) is 10.1. The number of aryl methyl sites for hydroxylation is 2. The van der Waals surface area contributed by atoms with Crippen molar-refractivity contribution in [3.8, 4) is 5.75 Å². The van der Waals surface area contributed by atoms with E-state index in [1.54, 1.807) is 0 Å². The standard InChI is InChI=1S/C18H22ClNO/c1-13-5-4-6-14(2)18(13)11-16(20-3)12-21-17-9-7-15(19)8-10-17/h4-10,16,20H,11-12H2,1-3H3. The number of benzene rings is 2. The SMILES string of the molecule is CNC(COc1ccc(Cl)cc1)Cc1c(C)cccc1C. The van der Waals surface area contributed by atoms with Crippen molar-refractivity contribution >= 4 is 11.6 Å². The summed E-state index contributed by atoms with van der Waals surface area (Å²) < 4.78 is 5.84. The average Bonchev–Trinajstić information content (AvgIpc) is 2.48. The maximum atomic E-state index is 5.88. The van der Waals surface area contributed by atoms with E-state index >= 15 is 0 Å². The fraction of sp³-hybridized carbons (Fsp3) is 0.333. The summed E-state index contributed by atoms with van der Waals surface area (Å²) in [6, 6.07) is 14.2. The van der Waals surface area contributed by atoms with Gasteiger partial charge < -0.3 is 10.1 Å².